The molecule has 7 rings (SSSR count). The van der Waals surface area contributed by atoms with Crippen LogP contribution in [0.3, 0.4) is 0 Å². The van der Waals surface area contributed by atoms with Crippen LogP contribution in [0.25, 0.3) is 45.0 Å². The van der Waals surface area contributed by atoms with E-state index in [0.717, 1.165) is 67.5 Å². The standard InChI is InChI=1S/C33H25N7/c34-21-17-20-18-23-28(25-10-2-6-14-37-25)31(35)29(26-11-3-7-15-38-26)30(27-12-4-8-16-39-27)33(23)40-32(20)22(19-21)24-9-1-5-13-36-24/h1-17,19,40H,18,34-35H2. The van der Waals surface area contributed by atoms with Crippen LogP contribution in [0.5, 0.6) is 0 Å². The minimum Gasteiger partial charge on any atom is -0.399 e. The highest BCUT2D eigenvalue weighted by atomic mass is 14.9. The molecule has 6 aromatic rings. The number of fused-ring (bicyclic) bond motifs is 2. The quantitative estimate of drug-likeness (QED) is 0.220. The van der Waals surface area contributed by atoms with Gasteiger partial charge in [0.15, 0.2) is 0 Å². The molecule has 5 heterocycles. The minimum absolute atomic E-state index is 0.598. The summed E-state index contributed by atoms with van der Waals surface area (Å²) in [5.41, 5.74) is 25.5. The molecule has 0 saturated heterocycles. The number of nitrogen functional groups attached to an aromatic ring is 2. The van der Waals surface area contributed by atoms with Crippen LogP contribution < -0.4 is 16.8 Å². The maximum absolute atomic E-state index is 7.11. The Hall–Kier alpha value is -5.56. The highest BCUT2D eigenvalue weighted by Crippen LogP contribution is 2.53. The van der Waals surface area contributed by atoms with Crippen molar-refractivity contribution >= 4 is 22.7 Å². The number of pyridine rings is 4. The van der Waals surface area contributed by atoms with Crippen molar-refractivity contribution in [1.82, 2.24) is 19.9 Å². The van der Waals surface area contributed by atoms with Crippen molar-refractivity contribution in [3.63, 3.8) is 0 Å². The fraction of sp³-hybridized carbons (Fsp3) is 0.0303. The molecule has 40 heavy (non-hydrogen) atoms. The molecular weight excluding hydrogens is 494 g/mol. The number of rotatable bonds is 4. The van der Waals surface area contributed by atoms with E-state index in [1.165, 1.54) is 0 Å². The van der Waals surface area contributed by atoms with Gasteiger partial charge in [-0.25, -0.2) is 0 Å². The first-order valence-corrected chi connectivity index (χ1v) is 13.0. The molecule has 4 aromatic heterocycles. The summed E-state index contributed by atoms with van der Waals surface area (Å²) in [5, 5.41) is 3.80. The van der Waals surface area contributed by atoms with E-state index in [1.54, 1.807) is 24.8 Å². The summed E-state index contributed by atoms with van der Waals surface area (Å²) >= 11 is 0. The van der Waals surface area contributed by atoms with Crippen molar-refractivity contribution < 1.29 is 0 Å². The van der Waals surface area contributed by atoms with Gasteiger partial charge < -0.3 is 16.8 Å². The molecule has 0 spiro atoms. The van der Waals surface area contributed by atoms with E-state index >= 15 is 0 Å². The van der Waals surface area contributed by atoms with E-state index in [4.69, 9.17) is 26.4 Å². The minimum atomic E-state index is 0.598. The van der Waals surface area contributed by atoms with E-state index in [1.807, 2.05) is 84.9 Å². The third-order valence-corrected chi connectivity index (χ3v) is 7.21. The van der Waals surface area contributed by atoms with Gasteiger partial charge in [-0.3, -0.25) is 19.9 Å². The fourth-order valence-electron chi connectivity index (χ4n) is 5.54. The van der Waals surface area contributed by atoms with Crippen LogP contribution in [0.2, 0.25) is 0 Å². The van der Waals surface area contributed by atoms with Gasteiger partial charge in [0.2, 0.25) is 0 Å². The van der Waals surface area contributed by atoms with Crippen molar-refractivity contribution in [3.05, 3.63) is 121 Å². The first kappa shape index (κ1) is 23.5. The van der Waals surface area contributed by atoms with Crippen molar-refractivity contribution in [2.45, 2.75) is 6.42 Å². The van der Waals surface area contributed by atoms with Crippen LogP contribution in [0.15, 0.2) is 110 Å². The Morgan fingerprint density at radius 2 is 1.07 bits per heavy atom. The number of nitrogens with one attached hydrogen (secondary N) is 1. The number of hydrogen-bond donors (Lipinski definition) is 3. The van der Waals surface area contributed by atoms with E-state index in [2.05, 4.69) is 10.3 Å². The molecule has 7 heteroatoms. The Morgan fingerprint density at radius 3 is 1.62 bits per heavy atom. The largest absolute Gasteiger partial charge is 0.399 e. The first-order chi connectivity index (χ1) is 19.7. The molecule has 1 aliphatic rings. The van der Waals surface area contributed by atoms with Gasteiger partial charge in [0.05, 0.1) is 39.8 Å². The molecule has 0 aliphatic carbocycles. The van der Waals surface area contributed by atoms with Crippen LogP contribution in [-0.2, 0) is 6.42 Å². The predicted molar refractivity (Wildman–Crippen MR) is 161 cm³/mol. The highest BCUT2D eigenvalue weighted by Gasteiger charge is 2.31. The average Bonchev–Trinajstić information content (AvgIpc) is 3.01. The summed E-state index contributed by atoms with van der Waals surface area (Å²) in [6.07, 6.45) is 7.75. The molecule has 2 aromatic carbocycles. The number of nitrogens with two attached hydrogens (primary N) is 2. The number of anilines is 4. The van der Waals surface area contributed by atoms with Crippen LogP contribution in [0.4, 0.5) is 22.7 Å². The summed E-state index contributed by atoms with van der Waals surface area (Å²) in [7, 11) is 0. The zero-order valence-corrected chi connectivity index (χ0v) is 21.5. The van der Waals surface area contributed by atoms with E-state index in [9.17, 15) is 0 Å². The molecule has 0 fully saturated rings. The van der Waals surface area contributed by atoms with Crippen LogP contribution in [-0.4, -0.2) is 19.9 Å². The molecule has 0 unspecified atom stereocenters. The van der Waals surface area contributed by atoms with Gasteiger partial charge in [0, 0.05) is 59.1 Å². The first-order valence-electron chi connectivity index (χ1n) is 13.0. The van der Waals surface area contributed by atoms with Gasteiger partial charge in [0.25, 0.3) is 0 Å². The smallest absolute Gasteiger partial charge is 0.0730 e. The molecular formula is C33H25N7. The number of hydrogen-bond acceptors (Lipinski definition) is 7. The van der Waals surface area contributed by atoms with Gasteiger partial charge in [-0.1, -0.05) is 24.3 Å². The Labute approximate surface area is 231 Å². The lowest BCUT2D eigenvalue weighted by atomic mass is 9.82. The Balaban J connectivity index is 1.59. The van der Waals surface area contributed by atoms with E-state index < -0.39 is 0 Å². The molecule has 0 bridgehead atoms. The number of nitrogens with zero attached hydrogens (tertiary/aromatic N) is 4. The normalized spacial score (nSPS) is 11.8. The van der Waals surface area contributed by atoms with Gasteiger partial charge in [0.1, 0.15) is 0 Å². The highest BCUT2D eigenvalue weighted by molar-refractivity contribution is 6.07. The molecule has 5 N–H and O–H groups in total. The predicted octanol–water partition coefficient (Wildman–Crippen LogP) is 6.75. The Bertz CT molecular complexity index is 1840. The lowest BCUT2D eigenvalue weighted by Gasteiger charge is -2.31. The van der Waals surface area contributed by atoms with E-state index in [0.29, 0.717) is 17.8 Å². The summed E-state index contributed by atoms with van der Waals surface area (Å²) in [5.74, 6) is 0. The van der Waals surface area contributed by atoms with Gasteiger partial charge in [-0.2, -0.15) is 0 Å². The molecule has 0 atom stereocenters. The maximum Gasteiger partial charge on any atom is 0.0730 e. The van der Waals surface area contributed by atoms with Crippen molar-refractivity contribution in [2.24, 2.45) is 0 Å². The molecule has 0 saturated carbocycles. The van der Waals surface area contributed by atoms with Crippen LogP contribution >= 0.6 is 0 Å². The van der Waals surface area contributed by atoms with Crippen LogP contribution in [0.1, 0.15) is 11.1 Å². The molecule has 0 radical (unpaired) electrons. The summed E-state index contributed by atoms with van der Waals surface area (Å²) in [6.45, 7) is 0. The third kappa shape index (κ3) is 3.92. The fourth-order valence-corrected chi connectivity index (χ4v) is 5.54. The lowest BCUT2D eigenvalue weighted by molar-refractivity contribution is 1.15. The number of aromatic nitrogens is 4. The second-order valence-corrected chi connectivity index (χ2v) is 9.66. The SMILES string of the molecule is Nc1cc2c(c(-c3ccccn3)c1)Nc1c(c(-c3ccccn3)c(N)c(-c3ccccn3)c1-c1ccccn1)C2. The van der Waals surface area contributed by atoms with Crippen molar-refractivity contribution in [1.29, 1.82) is 0 Å². The monoisotopic (exact) mass is 519 g/mol. The molecule has 7 nitrogen and oxygen atoms in total. The van der Waals surface area contributed by atoms with Crippen LogP contribution in [0, 0.1) is 0 Å². The Kier molecular flexibility index (Phi) is 5.67. The summed E-state index contributed by atoms with van der Waals surface area (Å²) < 4.78 is 0. The molecule has 192 valence electrons. The van der Waals surface area contributed by atoms with Gasteiger partial charge >= 0.3 is 0 Å². The zero-order chi connectivity index (χ0) is 27.1. The lowest BCUT2D eigenvalue weighted by Crippen LogP contribution is -2.15. The zero-order valence-electron chi connectivity index (χ0n) is 21.5. The van der Waals surface area contributed by atoms with Gasteiger partial charge in [-0.15, -0.1) is 0 Å². The third-order valence-electron chi connectivity index (χ3n) is 7.21. The molecule has 0 amide bonds. The maximum atomic E-state index is 7.11. The van der Waals surface area contributed by atoms with Crippen molar-refractivity contribution in [3.8, 4) is 45.0 Å². The average molecular weight is 520 g/mol. The number of benzene rings is 2. The molecule has 1 aliphatic heterocycles. The van der Waals surface area contributed by atoms with Gasteiger partial charge in [-0.05, 0) is 71.8 Å². The second-order valence-electron chi connectivity index (χ2n) is 9.66. The summed E-state index contributed by atoms with van der Waals surface area (Å²) in [4.78, 5) is 18.8. The topological polar surface area (TPSA) is 116 Å². The van der Waals surface area contributed by atoms with Crippen molar-refractivity contribution in [2.75, 3.05) is 16.8 Å². The summed E-state index contributed by atoms with van der Waals surface area (Å²) in [6, 6.07) is 27.5. The second kappa shape index (κ2) is 9.63. The Morgan fingerprint density at radius 1 is 0.550 bits per heavy atom. The van der Waals surface area contributed by atoms with E-state index in [-0.39, 0.29) is 0 Å².